The van der Waals surface area contributed by atoms with Crippen molar-refractivity contribution in [1.29, 1.82) is 0 Å². The predicted molar refractivity (Wildman–Crippen MR) is 113 cm³/mol. The van der Waals surface area contributed by atoms with Gasteiger partial charge in [-0.1, -0.05) is 6.92 Å². The number of esters is 1. The Morgan fingerprint density at radius 1 is 1.20 bits per heavy atom. The highest BCUT2D eigenvalue weighted by Crippen LogP contribution is 2.30. The first-order valence-corrected chi connectivity index (χ1v) is 10.3. The molecule has 1 fully saturated rings. The van der Waals surface area contributed by atoms with Gasteiger partial charge in [-0.2, -0.15) is 0 Å². The summed E-state index contributed by atoms with van der Waals surface area (Å²) in [5, 5.41) is 0.847. The van der Waals surface area contributed by atoms with Crippen molar-refractivity contribution in [3.63, 3.8) is 0 Å². The van der Waals surface area contributed by atoms with Crippen LogP contribution < -0.4 is 10.4 Å². The van der Waals surface area contributed by atoms with E-state index in [0.29, 0.717) is 49.2 Å². The van der Waals surface area contributed by atoms with Crippen LogP contribution in [0.15, 0.2) is 27.4 Å². The average molecular weight is 415 g/mol. The number of ether oxygens (including phenoxy) is 2. The molecule has 0 spiro atoms. The van der Waals surface area contributed by atoms with Gasteiger partial charge in [0.15, 0.2) is 0 Å². The summed E-state index contributed by atoms with van der Waals surface area (Å²) in [6, 6.07) is 5.05. The van der Waals surface area contributed by atoms with E-state index in [2.05, 4.69) is 0 Å². The fourth-order valence-electron chi connectivity index (χ4n) is 3.63. The molecule has 162 valence electrons. The van der Waals surface area contributed by atoms with Gasteiger partial charge in [0.2, 0.25) is 0 Å². The number of aryl methyl sites for hydroxylation is 2. The molecule has 7 nitrogen and oxygen atoms in total. The molecule has 0 aliphatic carbocycles. The molecule has 0 saturated carbocycles. The van der Waals surface area contributed by atoms with Crippen LogP contribution in [-0.4, -0.2) is 35.7 Å². The minimum absolute atomic E-state index is 0.298. The number of rotatable bonds is 3. The lowest BCUT2D eigenvalue weighted by molar-refractivity contribution is -0.140. The topological polar surface area (TPSA) is 86.0 Å². The Morgan fingerprint density at radius 3 is 2.47 bits per heavy atom. The largest absolute Gasteiger partial charge is 0.444 e. The zero-order chi connectivity index (χ0) is 22.1. The van der Waals surface area contributed by atoms with E-state index in [0.717, 1.165) is 10.9 Å². The number of hydrogen-bond acceptors (Lipinski definition) is 6. The van der Waals surface area contributed by atoms with Crippen LogP contribution in [0.1, 0.15) is 51.7 Å². The third kappa shape index (κ3) is 4.83. The highest BCUT2D eigenvalue weighted by Gasteiger charge is 2.31. The number of carbonyl (C=O) groups excluding carboxylic acids is 2. The molecule has 1 aliphatic rings. The molecule has 3 rings (SSSR count). The van der Waals surface area contributed by atoms with Gasteiger partial charge < -0.3 is 18.8 Å². The molecule has 1 aromatic carbocycles. The van der Waals surface area contributed by atoms with Crippen molar-refractivity contribution in [1.82, 2.24) is 4.90 Å². The number of amides is 1. The van der Waals surface area contributed by atoms with Crippen LogP contribution in [0.3, 0.4) is 0 Å². The van der Waals surface area contributed by atoms with Crippen molar-refractivity contribution in [2.75, 3.05) is 13.1 Å². The van der Waals surface area contributed by atoms with Gasteiger partial charge in [-0.05, 0) is 64.7 Å². The van der Waals surface area contributed by atoms with E-state index in [4.69, 9.17) is 13.9 Å². The minimum atomic E-state index is -0.548. The van der Waals surface area contributed by atoms with Gasteiger partial charge in [-0.15, -0.1) is 0 Å². The SMILES string of the molecule is CCc1cc(=O)oc2c(C)c(OC(=O)C3CCN(C(=O)OC(C)(C)C)CC3)ccc12. The summed E-state index contributed by atoms with van der Waals surface area (Å²) in [6.45, 7) is 10.1. The molecule has 2 heterocycles. The first-order valence-electron chi connectivity index (χ1n) is 10.3. The molecule has 1 amide bonds. The Bertz CT molecular complexity index is 1010. The number of carbonyl (C=O) groups is 2. The summed E-state index contributed by atoms with van der Waals surface area (Å²) >= 11 is 0. The van der Waals surface area contributed by atoms with Gasteiger partial charge in [0.1, 0.15) is 16.9 Å². The number of nitrogens with zero attached hydrogens (tertiary/aromatic N) is 1. The molecule has 0 atom stereocenters. The van der Waals surface area contributed by atoms with Gasteiger partial charge >= 0.3 is 17.7 Å². The molecule has 30 heavy (non-hydrogen) atoms. The van der Waals surface area contributed by atoms with E-state index < -0.39 is 11.2 Å². The summed E-state index contributed by atoms with van der Waals surface area (Å²) in [6.07, 6.45) is 1.37. The number of likely N-dealkylation sites (tertiary alicyclic amines) is 1. The van der Waals surface area contributed by atoms with E-state index in [-0.39, 0.29) is 18.0 Å². The van der Waals surface area contributed by atoms with Crippen LogP contribution in [0.5, 0.6) is 5.75 Å². The van der Waals surface area contributed by atoms with Gasteiger partial charge in [-0.3, -0.25) is 4.79 Å². The van der Waals surface area contributed by atoms with Crippen LogP contribution in [0.2, 0.25) is 0 Å². The molecule has 0 radical (unpaired) electrons. The van der Waals surface area contributed by atoms with E-state index >= 15 is 0 Å². The van der Waals surface area contributed by atoms with Crippen molar-refractivity contribution in [2.45, 2.75) is 59.5 Å². The third-order valence-electron chi connectivity index (χ3n) is 5.27. The van der Waals surface area contributed by atoms with Crippen molar-refractivity contribution in [2.24, 2.45) is 5.92 Å². The zero-order valence-electron chi connectivity index (χ0n) is 18.2. The second-order valence-electron chi connectivity index (χ2n) is 8.67. The first kappa shape index (κ1) is 21.9. The quantitative estimate of drug-likeness (QED) is 0.424. The van der Waals surface area contributed by atoms with Crippen molar-refractivity contribution >= 4 is 23.0 Å². The van der Waals surface area contributed by atoms with Crippen molar-refractivity contribution in [3.05, 3.63) is 39.7 Å². The maximum absolute atomic E-state index is 12.7. The summed E-state index contributed by atoms with van der Waals surface area (Å²) in [4.78, 5) is 38.4. The van der Waals surface area contributed by atoms with E-state index in [9.17, 15) is 14.4 Å². The maximum Gasteiger partial charge on any atom is 0.410 e. The average Bonchev–Trinajstić information content (AvgIpc) is 2.68. The van der Waals surface area contributed by atoms with Crippen LogP contribution in [-0.2, 0) is 16.0 Å². The van der Waals surface area contributed by atoms with Gasteiger partial charge in [0, 0.05) is 30.1 Å². The number of fused-ring (bicyclic) bond motifs is 1. The Balaban J connectivity index is 1.68. The molecule has 2 aromatic rings. The van der Waals surface area contributed by atoms with Gasteiger partial charge in [0.25, 0.3) is 0 Å². The lowest BCUT2D eigenvalue weighted by Gasteiger charge is -2.32. The fraction of sp³-hybridized carbons (Fsp3) is 0.522. The Kier molecular flexibility index (Phi) is 6.19. The minimum Gasteiger partial charge on any atom is -0.444 e. The normalized spacial score (nSPS) is 15.3. The Labute approximate surface area is 175 Å². The summed E-state index contributed by atoms with van der Waals surface area (Å²) in [5.74, 6) is -0.249. The van der Waals surface area contributed by atoms with Gasteiger partial charge in [-0.25, -0.2) is 9.59 Å². The molecule has 0 N–H and O–H groups in total. The van der Waals surface area contributed by atoms with Crippen LogP contribution in [0.25, 0.3) is 11.0 Å². The molecular weight excluding hydrogens is 386 g/mol. The van der Waals surface area contributed by atoms with Crippen LogP contribution in [0, 0.1) is 12.8 Å². The van der Waals surface area contributed by atoms with Gasteiger partial charge in [0.05, 0.1) is 5.92 Å². The van der Waals surface area contributed by atoms with E-state index in [1.807, 2.05) is 33.8 Å². The Hall–Kier alpha value is -2.83. The smallest absolute Gasteiger partial charge is 0.410 e. The molecule has 0 bridgehead atoms. The third-order valence-corrected chi connectivity index (χ3v) is 5.27. The van der Waals surface area contributed by atoms with E-state index in [1.165, 1.54) is 6.07 Å². The second-order valence-corrected chi connectivity index (χ2v) is 8.67. The van der Waals surface area contributed by atoms with Crippen molar-refractivity contribution in [3.8, 4) is 5.75 Å². The Morgan fingerprint density at radius 2 is 1.87 bits per heavy atom. The second kappa shape index (κ2) is 8.50. The van der Waals surface area contributed by atoms with E-state index in [1.54, 1.807) is 17.9 Å². The number of benzene rings is 1. The first-order chi connectivity index (χ1) is 14.1. The summed E-state index contributed by atoms with van der Waals surface area (Å²) in [5.41, 5.74) is 1.01. The summed E-state index contributed by atoms with van der Waals surface area (Å²) < 4.78 is 16.4. The summed E-state index contributed by atoms with van der Waals surface area (Å²) in [7, 11) is 0. The molecule has 0 unspecified atom stereocenters. The maximum atomic E-state index is 12.7. The highest BCUT2D eigenvalue weighted by molar-refractivity contribution is 5.86. The number of hydrogen-bond donors (Lipinski definition) is 0. The highest BCUT2D eigenvalue weighted by atomic mass is 16.6. The predicted octanol–water partition coefficient (Wildman–Crippen LogP) is 4.22. The zero-order valence-corrected chi connectivity index (χ0v) is 18.2. The fourth-order valence-corrected chi connectivity index (χ4v) is 3.63. The lowest BCUT2D eigenvalue weighted by Crippen LogP contribution is -2.43. The monoisotopic (exact) mass is 415 g/mol. The molecule has 1 saturated heterocycles. The lowest BCUT2D eigenvalue weighted by atomic mass is 9.97. The van der Waals surface area contributed by atoms with Crippen molar-refractivity contribution < 1.29 is 23.5 Å². The molecule has 7 heteroatoms. The standard InChI is InChI=1S/C23H29NO6/c1-6-15-13-19(25)29-20-14(2)18(8-7-17(15)20)28-21(26)16-9-11-24(12-10-16)22(27)30-23(3,4)5/h7-8,13,16H,6,9-12H2,1-5H3. The molecular formula is C23H29NO6. The molecule has 1 aliphatic heterocycles. The van der Waals surface area contributed by atoms with Crippen LogP contribution >= 0.6 is 0 Å². The number of piperidine rings is 1. The van der Waals surface area contributed by atoms with Crippen LogP contribution in [0.4, 0.5) is 4.79 Å². The molecule has 1 aromatic heterocycles.